The van der Waals surface area contributed by atoms with Gasteiger partial charge < -0.3 is 10.1 Å². The van der Waals surface area contributed by atoms with Gasteiger partial charge in [-0.2, -0.15) is 0 Å². The normalized spacial score (nSPS) is 12.2. The van der Waals surface area contributed by atoms with Gasteiger partial charge in [0.15, 0.2) is 0 Å². The SMILES string of the molecule is CCNC(c1cc(Br)ccc1Br)c1cc(Br)ccc1OC. The zero-order valence-corrected chi connectivity index (χ0v) is 16.5. The molecular formula is C16H16Br3NO. The lowest BCUT2D eigenvalue weighted by atomic mass is 9.97. The molecule has 0 aliphatic heterocycles. The number of methoxy groups -OCH3 is 1. The second-order valence-corrected chi connectivity index (χ2v) is 7.23. The predicted molar refractivity (Wildman–Crippen MR) is 98.1 cm³/mol. The van der Waals surface area contributed by atoms with Crippen LogP contribution in [-0.4, -0.2) is 13.7 Å². The molecule has 0 saturated carbocycles. The highest BCUT2D eigenvalue weighted by Crippen LogP contribution is 2.36. The Bertz CT molecular complexity index is 631. The van der Waals surface area contributed by atoms with Crippen molar-refractivity contribution in [2.75, 3.05) is 13.7 Å². The van der Waals surface area contributed by atoms with Crippen molar-refractivity contribution in [3.05, 3.63) is 60.9 Å². The van der Waals surface area contributed by atoms with E-state index in [9.17, 15) is 0 Å². The molecule has 0 amide bonds. The minimum absolute atomic E-state index is 0.0503. The number of rotatable bonds is 5. The molecule has 0 aliphatic carbocycles. The first kappa shape index (κ1) is 17.0. The fourth-order valence-electron chi connectivity index (χ4n) is 2.26. The quantitative estimate of drug-likeness (QED) is 0.598. The molecule has 0 saturated heterocycles. The third-order valence-corrected chi connectivity index (χ3v) is 4.89. The molecule has 2 aromatic rings. The van der Waals surface area contributed by atoms with Crippen LogP contribution < -0.4 is 10.1 Å². The van der Waals surface area contributed by atoms with Crippen LogP contribution in [0.4, 0.5) is 0 Å². The first-order chi connectivity index (χ1) is 10.1. The number of hydrogen-bond acceptors (Lipinski definition) is 2. The average molecular weight is 478 g/mol. The number of nitrogens with one attached hydrogen (secondary N) is 1. The molecule has 0 spiro atoms. The second kappa shape index (κ2) is 7.77. The van der Waals surface area contributed by atoms with E-state index in [0.29, 0.717) is 0 Å². The Morgan fingerprint density at radius 3 is 2.24 bits per heavy atom. The van der Waals surface area contributed by atoms with Gasteiger partial charge in [-0.05, 0) is 48.5 Å². The third kappa shape index (κ3) is 4.09. The van der Waals surface area contributed by atoms with Crippen molar-refractivity contribution >= 4 is 47.8 Å². The van der Waals surface area contributed by atoms with E-state index in [0.717, 1.165) is 31.3 Å². The molecule has 0 heterocycles. The summed E-state index contributed by atoms with van der Waals surface area (Å²) in [6, 6.07) is 12.3. The lowest BCUT2D eigenvalue weighted by Gasteiger charge is -2.23. The Kier molecular flexibility index (Phi) is 6.29. The smallest absolute Gasteiger partial charge is 0.124 e. The van der Waals surface area contributed by atoms with E-state index < -0.39 is 0 Å². The molecule has 2 aromatic carbocycles. The topological polar surface area (TPSA) is 21.3 Å². The van der Waals surface area contributed by atoms with Gasteiger partial charge in [-0.15, -0.1) is 0 Å². The summed E-state index contributed by atoms with van der Waals surface area (Å²) in [7, 11) is 1.70. The van der Waals surface area contributed by atoms with Crippen LogP contribution >= 0.6 is 47.8 Å². The van der Waals surface area contributed by atoms with Crippen molar-refractivity contribution < 1.29 is 4.74 Å². The molecule has 21 heavy (non-hydrogen) atoms. The van der Waals surface area contributed by atoms with E-state index in [1.807, 2.05) is 24.3 Å². The Labute approximate surface area is 150 Å². The standard InChI is InChI=1S/C16H16Br3NO/c1-3-20-16(12-8-10(17)4-6-14(12)19)13-9-11(18)5-7-15(13)21-2/h4-9,16,20H,3H2,1-2H3. The highest BCUT2D eigenvalue weighted by atomic mass is 79.9. The molecule has 0 fully saturated rings. The van der Waals surface area contributed by atoms with E-state index in [1.54, 1.807) is 7.11 Å². The summed E-state index contributed by atoms with van der Waals surface area (Å²) in [6.07, 6.45) is 0. The summed E-state index contributed by atoms with van der Waals surface area (Å²) in [6.45, 7) is 2.96. The number of hydrogen-bond donors (Lipinski definition) is 1. The van der Waals surface area contributed by atoms with Gasteiger partial charge in [-0.1, -0.05) is 54.7 Å². The van der Waals surface area contributed by atoms with Gasteiger partial charge in [0, 0.05) is 19.0 Å². The van der Waals surface area contributed by atoms with Crippen LogP contribution in [0.3, 0.4) is 0 Å². The minimum Gasteiger partial charge on any atom is -0.496 e. The van der Waals surface area contributed by atoms with Gasteiger partial charge in [-0.25, -0.2) is 0 Å². The van der Waals surface area contributed by atoms with E-state index in [2.05, 4.69) is 72.2 Å². The van der Waals surface area contributed by atoms with Gasteiger partial charge in [0.25, 0.3) is 0 Å². The van der Waals surface area contributed by atoms with Crippen LogP contribution in [0.5, 0.6) is 5.75 Å². The number of halogens is 3. The van der Waals surface area contributed by atoms with Crippen molar-refractivity contribution in [2.45, 2.75) is 13.0 Å². The Hall–Kier alpha value is -0.360. The first-order valence-corrected chi connectivity index (χ1v) is 8.96. The summed E-state index contributed by atoms with van der Waals surface area (Å²) in [4.78, 5) is 0. The fraction of sp³-hybridized carbons (Fsp3) is 0.250. The first-order valence-electron chi connectivity index (χ1n) is 6.58. The van der Waals surface area contributed by atoms with Crippen molar-refractivity contribution in [1.29, 1.82) is 0 Å². The van der Waals surface area contributed by atoms with Crippen molar-refractivity contribution in [2.24, 2.45) is 0 Å². The van der Waals surface area contributed by atoms with Gasteiger partial charge in [-0.3, -0.25) is 0 Å². The van der Waals surface area contributed by atoms with Gasteiger partial charge in [0.2, 0.25) is 0 Å². The molecule has 0 aliphatic rings. The van der Waals surface area contributed by atoms with Crippen LogP contribution in [0.25, 0.3) is 0 Å². The molecule has 5 heteroatoms. The maximum absolute atomic E-state index is 5.53. The van der Waals surface area contributed by atoms with Crippen molar-refractivity contribution in [3.8, 4) is 5.75 Å². The fourth-order valence-corrected chi connectivity index (χ4v) is 3.49. The zero-order chi connectivity index (χ0) is 15.4. The Balaban J connectivity index is 2.58. The summed E-state index contributed by atoms with van der Waals surface area (Å²) >= 11 is 10.7. The monoisotopic (exact) mass is 475 g/mol. The molecule has 0 bridgehead atoms. The van der Waals surface area contributed by atoms with E-state index in [4.69, 9.17) is 4.74 Å². The van der Waals surface area contributed by atoms with Gasteiger partial charge in [0.05, 0.1) is 13.2 Å². The molecule has 1 unspecified atom stereocenters. The highest BCUT2D eigenvalue weighted by molar-refractivity contribution is 9.11. The molecule has 0 aromatic heterocycles. The predicted octanol–water partition coefficient (Wildman–Crippen LogP) is 5.68. The Morgan fingerprint density at radius 2 is 1.62 bits per heavy atom. The summed E-state index contributed by atoms with van der Waals surface area (Å²) in [5.41, 5.74) is 2.27. The second-order valence-electron chi connectivity index (χ2n) is 4.54. The van der Waals surface area contributed by atoms with E-state index in [-0.39, 0.29) is 6.04 Å². The molecule has 2 rings (SSSR count). The largest absolute Gasteiger partial charge is 0.496 e. The molecule has 1 atom stereocenters. The highest BCUT2D eigenvalue weighted by Gasteiger charge is 2.20. The van der Waals surface area contributed by atoms with Crippen LogP contribution in [0, 0.1) is 0 Å². The Morgan fingerprint density at radius 1 is 1.00 bits per heavy atom. The maximum atomic E-state index is 5.53. The number of ether oxygens (including phenoxy) is 1. The molecular weight excluding hydrogens is 462 g/mol. The average Bonchev–Trinajstić information content (AvgIpc) is 2.47. The van der Waals surface area contributed by atoms with Gasteiger partial charge >= 0.3 is 0 Å². The minimum atomic E-state index is 0.0503. The summed E-state index contributed by atoms with van der Waals surface area (Å²) < 4.78 is 8.69. The molecule has 112 valence electrons. The maximum Gasteiger partial charge on any atom is 0.124 e. The van der Waals surface area contributed by atoms with Crippen LogP contribution in [0.1, 0.15) is 24.1 Å². The van der Waals surface area contributed by atoms with Crippen molar-refractivity contribution in [3.63, 3.8) is 0 Å². The summed E-state index contributed by atoms with van der Waals surface area (Å²) in [5.74, 6) is 0.871. The third-order valence-electron chi connectivity index (χ3n) is 3.18. The van der Waals surface area contributed by atoms with Crippen LogP contribution in [0.2, 0.25) is 0 Å². The lowest BCUT2D eigenvalue weighted by Crippen LogP contribution is -2.23. The van der Waals surface area contributed by atoms with E-state index >= 15 is 0 Å². The number of benzene rings is 2. The summed E-state index contributed by atoms with van der Waals surface area (Å²) in [5, 5.41) is 3.53. The van der Waals surface area contributed by atoms with Gasteiger partial charge in [0.1, 0.15) is 5.75 Å². The molecule has 1 N–H and O–H groups in total. The lowest BCUT2D eigenvalue weighted by molar-refractivity contribution is 0.404. The van der Waals surface area contributed by atoms with E-state index in [1.165, 1.54) is 5.56 Å². The zero-order valence-electron chi connectivity index (χ0n) is 11.8. The van der Waals surface area contributed by atoms with Crippen LogP contribution in [-0.2, 0) is 0 Å². The molecule has 0 radical (unpaired) electrons. The van der Waals surface area contributed by atoms with Crippen molar-refractivity contribution in [1.82, 2.24) is 5.32 Å². The molecule has 2 nitrogen and oxygen atoms in total. The van der Waals surface area contributed by atoms with Crippen LogP contribution in [0.15, 0.2) is 49.8 Å².